The van der Waals surface area contributed by atoms with Crippen LogP contribution in [0.5, 0.6) is 0 Å². The highest BCUT2D eigenvalue weighted by Crippen LogP contribution is 2.31. The molecule has 0 saturated carbocycles. The summed E-state index contributed by atoms with van der Waals surface area (Å²) >= 11 is 5.86. The first-order chi connectivity index (χ1) is 6.43. The van der Waals surface area contributed by atoms with E-state index in [1.165, 1.54) is 0 Å². The molecule has 0 aliphatic carbocycles. The number of nitrogens with zero attached hydrogens (tertiary/aromatic N) is 1. The minimum Gasteiger partial charge on any atom is -0.479 e. The molecule has 0 radical (unpaired) electrons. The van der Waals surface area contributed by atoms with Crippen molar-refractivity contribution < 1.29 is 19.5 Å². The summed E-state index contributed by atoms with van der Waals surface area (Å²) in [7, 11) is 0. The quantitative estimate of drug-likeness (QED) is 0.470. The Kier molecular flexibility index (Phi) is 3.31. The number of hydrogen-bond donors (Lipinski definition) is 1. The molecule has 1 rings (SSSR count). The van der Waals surface area contributed by atoms with E-state index in [2.05, 4.69) is 31.9 Å². The third kappa shape index (κ3) is 1.70. The fourth-order valence-electron chi connectivity index (χ4n) is 1.18. The highest BCUT2D eigenvalue weighted by molar-refractivity contribution is 9.12. The van der Waals surface area contributed by atoms with Gasteiger partial charge in [-0.05, 0) is 15.9 Å². The first kappa shape index (κ1) is 11.6. The van der Waals surface area contributed by atoms with E-state index in [4.69, 9.17) is 5.11 Å². The summed E-state index contributed by atoms with van der Waals surface area (Å²) in [4.78, 5) is 34.2. The number of carboxylic acids is 1. The van der Waals surface area contributed by atoms with Gasteiger partial charge in [-0.15, -0.1) is 0 Å². The van der Waals surface area contributed by atoms with Crippen molar-refractivity contribution in [1.29, 1.82) is 0 Å². The van der Waals surface area contributed by atoms with Crippen molar-refractivity contribution in [3.8, 4) is 0 Å². The lowest BCUT2D eigenvalue weighted by molar-refractivity contribution is -0.154. The van der Waals surface area contributed by atoms with E-state index in [-0.39, 0.29) is 18.2 Å². The molecule has 1 unspecified atom stereocenters. The lowest BCUT2D eigenvalue weighted by atomic mass is 10.3. The minimum atomic E-state index is -1.66. The average Bonchev–Trinajstić information content (AvgIpc) is 2.45. The first-order valence-electron chi connectivity index (χ1n) is 3.77. The van der Waals surface area contributed by atoms with Crippen LogP contribution in [0.1, 0.15) is 12.8 Å². The van der Waals surface area contributed by atoms with Gasteiger partial charge in [0.15, 0.2) is 0 Å². The maximum Gasteiger partial charge on any atom is 0.342 e. The van der Waals surface area contributed by atoms with E-state index in [9.17, 15) is 14.4 Å². The number of halogens is 2. The minimum absolute atomic E-state index is 0.0488. The van der Waals surface area contributed by atoms with Crippen LogP contribution in [-0.2, 0) is 14.4 Å². The fourth-order valence-corrected chi connectivity index (χ4v) is 2.07. The molecule has 0 aromatic heterocycles. The molecular weight excluding hydrogens is 322 g/mol. The summed E-state index contributed by atoms with van der Waals surface area (Å²) in [6.45, 7) is 0. The van der Waals surface area contributed by atoms with Gasteiger partial charge in [-0.1, -0.05) is 15.9 Å². The van der Waals surface area contributed by atoms with Crippen LogP contribution in [-0.4, -0.2) is 37.6 Å². The zero-order chi connectivity index (χ0) is 10.9. The van der Waals surface area contributed by atoms with Crippen LogP contribution in [0.4, 0.5) is 0 Å². The van der Waals surface area contributed by atoms with Gasteiger partial charge in [0.05, 0.1) is 0 Å². The second kappa shape index (κ2) is 3.98. The molecule has 78 valence electrons. The molecule has 0 spiro atoms. The van der Waals surface area contributed by atoms with E-state index >= 15 is 0 Å². The molecule has 1 atom stereocenters. The highest BCUT2D eigenvalue weighted by Gasteiger charge is 2.49. The van der Waals surface area contributed by atoms with E-state index in [0.717, 1.165) is 4.90 Å². The Morgan fingerprint density at radius 1 is 1.43 bits per heavy atom. The summed E-state index contributed by atoms with van der Waals surface area (Å²) in [6.07, 6.45) is 0.152. The number of amides is 2. The van der Waals surface area contributed by atoms with Crippen LogP contribution in [0, 0.1) is 0 Å². The molecule has 14 heavy (non-hydrogen) atoms. The molecule has 0 bridgehead atoms. The molecule has 2 amide bonds. The number of carbonyl (C=O) groups excluding carboxylic acids is 2. The van der Waals surface area contributed by atoms with Crippen molar-refractivity contribution in [2.24, 2.45) is 0 Å². The van der Waals surface area contributed by atoms with Crippen molar-refractivity contribution in [3.63, 3.8) is 0 Å². The van der Waals surface area contributed by atoms with E-state index in [1.54, 1.807) is 0 Å². The third-order valence-corrected chi connectivity index (χ3v) is 4.45. The summed E-state index contributed by atoms with van der Waals surface area (Å²) in [5, 5.41) is 8.86. The van der Waals surface area contributed by atoms with Crippen molar-refractivity contribution in [1.82, 2.24) is 4.90 Å². The molecule has 1 aliphatic heterocycles. The average molecular weight is 329 g/mol. The normalized spacial score (nSPS) is 21.1. The van der Waals surface area contributed by atoms with Crippen LogP contribution in [0.15, 0.2) is 0 Å². The molecule has 0 aromatic rings. The second-order valence-corrected chi connectivity index (χ2v) is 4.69. The zero-order valence-electron chi connectivity index (χ0n) is 7.00. The first-order valence-corrected chi connectivity index (χ1v) is 5.69. The lowest BCUT2D eigenvalue weighted by Gasteiger charge is -2.29. The number of alkyl halides is 2. The number of likely N-dealkylation sites (tertiary alicyclic amines) is 1. The van der Waals surface area contributed by atoms with E-state index < -0.39 is 22.2 Å². The van der Waals surface area contributed by atoms with Crippen LogP contribution in [0.25, 0.3) is 0 Å². The van der Waals surface area contributed by atoms with E-state index in [1.807, 2.05) is 0 Å². The topological polar surface area (TPSA) is 74.7 Å². The maximum absolute atomic E-state index is 11.3. The molecule has 1 saturated heterocycles. The van der Waals surface area contributed by atoms with Crippen molar-refractivity contribution in [3.05, 3.63) is 0 Å². The predicted octanol–water partition coefficient (Wildman–Crippen LogP) is 0.706. The Morgan fingerprint density at radius 2 is 1.86 bits per heavy atom. The third-order valence-electron chi connectivity index (χ3n) is 1.91. The largest absolute Gasteiger partial charge is 0.479 e. The summed E-state index contributed by atoms with van der Waals surface area (Å²) < 4.78 is -1.66. The van der Waals surface area contributed by atoms with Gasteiger partial charge >= 0.3 is 5.97 Å². The summed E-state index contributed by atoms with van der Waals surface area (Å²) in [5.74, 6) is -2.19. The predicted molar refractivity (Wildman–Crippen MR) is 54.2 cm³/mol. The number of rotatable bonds is 3. The molecule has 1 heterocycles. The fraction of sp³-hybridized carbons (Fsp3) is 0.571. The zero-order valence-corrected chi connectivity index (χ0v) is 10.2. The molecule has 1 fully saturated rings. The van der Waals surface area contributed by atoms with Gasteiger partial charge in [0.2, 0.25) is 16.3 Å². The van der Waals surface area contributed by atoms with Gasteiger partial charge in [-0.3, -0.25) is 14.5 Å². The van der Waals surface area contributed by atoms with Crippen molar-refractivity contribution in [2.75, 3.05) is 5.33 Å². The van der Waals surface area contributed by atoms with Gasteiger partial charge in [-0.25, -0.2) is 4.79 Å². The Labute approximate surface area is 96.7 Å². The monoisotopic (exact) mass is 327 g/mol. The molecule has 1 N–H and O–H groups in total. The van der Waals surface area contributed by atoms with Crippen LogP contribution in [0.2, 0.25) is 0 Å². The number of hydrogen-bond acceptors (Lipinski definition) is 3. The summed E-state index contributed by atoms with van der Waals surface area (Å²) in [5.41, 5.74) is 0. The number of carbonyl (C=O) groups is 3. The molecule has 0 aromatic carbocycles. The molecule has 7 heteroatoms. The maximum atomic E-state index is 11.3. The number of aliphatic carboxylic acids is 1. The number of imide groups is 1. The molecular formula is C7H7Br2NO4. The van der Waals surface area contributed by atoms with Crippen LogP contribution < -0.4 is 0 Å². The highest BCUT2D eigenvalue weighted by atomic mass is 79.9. The standard InChI is InChI=1S/C7H7Br2NO4/c8-3-7(9,6(13)14)10-4(11)1-2-5(10)12/h1-3H2,(H,13,14). The summed E-state index contributed by atoms with van der Waals surface area (Å²) in [6, 6.07) is 0. The SMILES string of the molecule is O=C1CCC(=O)N1C(Br)(CBr)C(=O)O. The Balaban J connectivity index is 3.05. The van der Waals surface area contributed by atoms with Crippen molar-refractivity contribution in [2.45, 2.75) is 17.3 Å². The molecule has 1 aliphatic rings. The second-order valence-electron chi connectivity index (χ2n) is 2.82. The lowest BCUT2D eigenvalue weighted by Crippen LogP contribution is -2.53. The van der Waals surface area contributed by atoms with Gasteiger partial charge in [-0.2, -0.15) is 0 Å². The Bertz CT molecular complexity index is 290. The van der Waals surface area contributed by atoms with Gasteiger partial charge < -0.3 is 5.11 Å². The number of carboxylic acid groups (broad SMARTS) is 1. The molecule has 5 nitrogen and oxygen atoms in total. The Hall–Kier alpha value is -0.430. The van der Waals surface area contributed by atoms with Crippen LogP contribution in [0.3, 0.4) is 0 Å². The van der Waals surface area contributed by atoms with Crippen LogP contribution >= 0.6 is 31.9 Å². The van der Waals surface area contributed by atoms with Crippen molar-refractivity contribution >= 4 is 49.6 Å². The Morgan fingerprint density at radius 3 is 2.14 bits per heavy atom. The van der Waals surface area contributed by atoms with Gasteiger partial charge in [0.1, 0.15) is 0 Å². The van der Waals surface area contributed by atoms with E-state index in [0.29, 0.717) is 0 Å². The van der Waals surface area contributed by atoms with Gasteiger partial charge in [0.25, 0.3) is 0 Å². The smallest absolute Gasteiger partial charge is 0.342 e. The van der Waals surface area contributed by atoms with Gasteiger partial charge in [0, 0.05) is 18.2 Å².